The summed E-state index contributed by atoms with van der Waals surface area (Å²) in [6, 6.07) is 5.93. The zero-order valence-corrected chi connectivity index (χ0v) is 8.82. The summed E-state index contributed by atoms with van der Waals surface area (Å²) in [7, 11) is 0. The van der Waals surface area contributed by atoms with E-state index in [0.29, 0.717) is 23.9 Å². The predicted octanol–water partition coefficient (Wildman–Crippen LogP) is 1.49. The number of rotatable bonds is 3. The van der Waals surface area contributed by atoms with E-state index in [-0.39, 0.29) is 11.4 Å². The Balaban J connectivity index is 2.53. The number of aromatic nitrogens is 1. The van der Waals surface area contributed by atoms with E-state index in [1.807, 2.05) is 0 Å². The number of pyridine rings is 1. The van der Waals surface area contributed by atoms with E-state index in [4.69, 9.17) is 5.73 Å². The van der Waals surface area contributed by atoms with Crippen LogP contribution in [0.15, 0.2) is 35.3 Å². The molecule has 0 unspecified atom stereocenters. The molecule has 0 fully saturated rings. The van der Waals surface area contributed by atoms with Gasteiger partial charge in [0, 0.05) is 18.1 Å². The van der Waals surface area contributed by atoms with Crippen LogP contribution >= 0.6 is 0 Å². The van der Waals surface area contributed by atoms with Crippen molar-refractivity contribution in [1.29, 1.82) is 0 Å². The van der Waals surface area contributed by atoms with Crippen LogP contribution in [0.25, 0.3) is 10.8 Å². The maximum absolute atomic E-state index is 12.9. The SMILES string of the molecule is NCCCn1ccc2cc(F)ccc2c1=O. The number of nitrogens with zero attached hydrogens (tertiary/aromatic N) is 1. The highest BCUT2D eigenvalue weighted by Gasteiger charge is 2.03. The van der Waals surface area contributed by atoms with Crippen LogP contribution in [0, 0.1) is 5.82 Å². The second-order valence-electron chi connectivity index (χ2n) is 3.69. The van der Waals surface area contributed by atoms with E-state index in [0.717, 1.165) is 6.42 Å². The molecule has 2 rings (SSSR count). The average Bonchev–Trinajstić information content (AvgIpc) is 2.28. The Hall–Kier alpha value is -1.68. The fourth-order valence-corrected chi connectivity index (χ4v) is 1.70. The molecule has 0 saturated carbocycles. The fourth-order valence-electron chi connectivity index (χ4n) is 1.70. The van der Waals surface area contributed by atoms with Crippen molar-refractivity contribution >= 4 is 10.8 Å². The average molecular weight is 220 g/mol. The fraction of sp³-hybridized carbons (Fsp3) is 0.250. The number of fused-ring (bicyclic) bond motifs is 1. The zero-order valence-electron chi connectivity index (χ0n) is 8.82. The molecule has 0 aliphatic carbocycles. The first-order valence-electron chi connectivity index (χ1n) is 5.21. The minimum atomic E-state index is -0.327. The van der Waals surface area contributed by atoms with Gasteiger partial charge in [-0.05, 0) is 42.6 Å². The van der Waals surface area contributed by atoms with Crippen molar-refractivity contribution in [1.82, 2.24) is 4.57 Å². The number of aryl methyl sites for hydroxylation is 1. The van der Waals surface area contributed by atoms with Gasteiger partial charge in [0.25, 0.3) is 5.56 Å². The molecule has 2 aromatic rings. The molecule has 1 aromatic heterocycles. The van der Waals surface area contributed by atoms with Crippen LogP contribution in [0.1, 0.15) is 6.42 Å². The van der Waals surface area contributed by atoms with Gasteiger partial charge in [-0.1, -0.05) is 0 Å². The second kappa shape index (κ2) is 4.45. The third kappa shape index (κ3) is 1.97. The summed E-state index contributed by atoms with van der Waals surface area (Å²) in [4.78, 5) is 11.9. The van der Waals surface area contributed by atoms with Crippen LogP contribution in [-0.2, 0) is 6.54 Å². The highest BCUT2D eigenvalue weighted by molar-refractivity contribution is 5.81. The molecule has 0 saturated heterocycles. The number of benzene rings is 1. The van der Waals surface area contributed by atoms with Gasteiger partial charge < -0.3 is 10.3 Å². The first-order valence-corrected chi connectivity index (χ1v) is 5.21. The first-order chi connectivity index (χ1) is 7.72. The van der Waals surface area contributed by atoms with Gasteiger partial charge in [-0.15, -0.1) is 0 Å². The summed E-state index contributed by atoms with van der Waals surface area (Å²) in [6.07, 6.45) is 2.44. The van der Waals surface area contributed by atoms with Crippen LogP contribution in [0.5, 0.6) is 0 Å². The molecule has 0 atom stereocenters. The van der Waals surface area contributed by atoms with E-state index >= 15 is 0 Å². The van der Waals surface area contributed by atoms with E-state index in [1.165, 1.54) is 18.2 Å². The normalized spacial score (nSPS) is 10.9. The molecule has 0 aliphatic rings. The Labute approximate surface area is 92.3 Å². The molecule has 0 radical (unpaired) electrons. The van der Waals surface area contributed by atoms with Crippen LogP contribution in [0.2, 0.25) is 0 Å². The molecule has 4 heteroatoms. The van der Waals surface area contributed by atoms with Crippen molar-refractivity contribution < 1.29 is 4.39 Å². The molecule has 0 aliphatic heterocycles. The van der Waals surface area contributed by atoms with Gasteiger partial charge in [0.05, 0.1) is 0 Å². The quantitative estimate of drug-likeness (QED) is 0.851. The van der Waals surface area contributed by atoms with Gasteiger partial charge in [-0.2, -0.15) is 0 Å². The van der Waals surface area contributed by atoms with Crippen LogP contribution in [-0.4, -0.2) is 11.1 Å². The topological polar surface area (TPSA) is 48.0 Å². The van der Waals surface area contributed by atoms with Gasteiger partial charge in [0.1, 0.15) is 5.82 Å². The third-order valence-electron chi connectivity index (χ3n) is 2.54. The van der Waals surface area contributed by atoms with Gasteiger partial charge in [-0.25, -0.2) is 4.39 Å². The second-order valence-corrected chi connectivity index (χ2v) is 3.69. The Morgan fingerprint density at radius 3 is 2.88 bits per heavy atom. The lowest BCUT2D eigenvalue weighted by molar-refractivity contribution is 0.626. The smallest absolute Gasteiger partial charge is 0.258 e. The number of halogens is 1. The maximum atomic E-state index is 12.9. The molecular formula is C12H13FN2O. The van der Waals surface area contributed by atoms with Crippen LogP contribution < -0.4 is 11.3 Å². The Kier molecular flexibility index (Phi) is 3.01. The molecular weight excluding hydrogens is 207 g/mol. The van der Waals surface area contributed by atoms with Crippen molar-refractivity contribution in [2.75, 3.05) is 6.54 Å². The van der Waals surface area contributed by atoms with E-state index in [9.17, 15) is 9.18 Å². The molecule has 3 nitrogen and oxygen atoms in total. The van der Waals surface area contributed by atoms with Crippen molar-refractivity contribution in [2.45, 2.75) is 13.0 Å². The zero-order chi connectivity index (χ0) is 11.5. The Morgan fingerprint density at radius 2 is 2.12 bits per heavy atom. The van der Waals surface area contributed by atoms with Gasteiger partial charge in [0.2, 0.25) is 0 Å². The Morgan fingerprint density at radius 1 is 1.31 bits per heavy atom. The third-order valence-corrected chi connectivity index (χ3v) is 2.54. The van der Waals surface area contributed by atoms with E-state index in [1.54, 1.807) is 16.8 Å². The first kappa shape index (κ1) is 10.8. The summed E-state index contributed by atoms with van der Waals surface area (Å²) in [5.41, 5.74) is 5.30. The van der Waals surface area contributed by atoms with Crippen molar-refractivity contribution in [3.8, 4) is 0 Å². The predicted molar refractivity (Wildman–Crippen MR) is 61.8 cm³/mol. The molecule has 0 spiro atoms. The minimum Gasteiger partial charge on any atom is -0.330 e. The van der Waals surface area contributed by atoms with Crippen molar-refractivity contribution in [2.24, 2.45) is 5.73 Å². The molecule has 1 heterocycles. The lowest BCUT2D eigenvalue weighted by Gasteiger charge is -2.06. The molecule has 84 valence electrons. The summed E-state index contributed by atoms with van der Waals surface area (Å²) in [5, 5.41) is 1.18. The number of hydrogen-bond acceptors (Lipinski definition) is 2. The van der Waals surface area contributed by atoms with E-state index < -0.39 is 0 Å². The summed E-state index contributed by atoms with van der Waals surface area (Å²) >= 11 is 0. The highest BCUT2D eigenvalue weighted by Crippen LogP contribution is 2.11. The molecule has 1 aromatic carbocycles. The Bertz CT molecular complexity index is 562. The number of nitrogens with two attached hydrogens (primary N) is 1. The maximum Gasteiger partial charge on any atom is 0.258 e. The molecule has 0 amide bonds. The minimum absolute atomic E-state index is 0.0917. The monoisotopic (exact) mass is 220 g/mol. The van der Waals surface area contributed by atoms with Gasteiger partial charge >= 0.3 is 0 Å². The van der Waals surface area contributed by atoms with Crippen molar-refractivity contribution in [3.05, 3.63) is 46.6 Å². The lowest BCUT2D eigenvalue weighted by atomic mass is 10.1. The largest absolute Gasteiger partial charge is 0.330 e. The van der Waals surface area contributed by atoms with Crippen molar-refractivity contribution in [3.63, 3.8) is 0 Å². The summed E-state index contributed by atoms with van der Waals surface area (Å²) in [5.74, 6) is -0.327. The molecule has 0 bridgehead atoms. The molecule has 16 heavy (non-hydrogen) atoms. The lowest BCUT2D eigenvalue weighted by Crippen LogP contribution is -2.20. The summed E-state index contributed by atoms with van der Waals surface area (Å²) in [6.45, 7) is 1.15. The van der Waals surface area contributed by atoms with E-state index in [2.05, 4.69) is 0 Å². The van der Waals surface area contributed by atoms with Crippen LogP contribution in [0.3, 0.4) is 0 Å². The number of hydrogen-bond donors (Lipinski definition) is 1. The highest BCUT2D eigenvalue weighted by atomic mass is 19.1. The van der Waals surface area contributed by atoms with Gasteiger partial charge in [0.15, 0.2) is 0 Å². The summed E-state index contributed by atoms with van der Waals surface area (Å²) < 4.78 is 14.6. The standard InChI is InChI=1S/C12H13FN2O/c13-10-2-3-11-9(8-10)4-7-15(12(11)16)6-1-5-14/h2-4,7-8H,1,5-6,14H2. The van der Waals surface area contributed by atoms with Gasteiger partial charge in [-0.3, -0.25) is 4.79 Å². The molecule has 2 N–H and O–H groups in total. The van der Waals surface area contributed by atoms with Crippen LogP contribution in [0.4, 0.5) is 4.39 Å².